The third kappa shape index (κ3) is 3.27. The van der Waals surface area contributed by atoms with Crippen LogP contribution in [-0.4, -0.2) is 35.1 Å². The van der Waals surface area contributed by atoms with Crippen LogP contribution in [0.4, 0.5) is 0 Å². The van der Waals surface area contributed by atoms with Crippen LogP contribution in [0, 0.1) is 5.92 Å². The van der Waals surface area contributed by atoms with E-state index in [9.17, 15) is 0 Å². The number of pyridine rings is 1. The van der Waals surface area contributed by atoms with Crippen LogP contribution in [0.1, 0.15) is 26.3 Å². The lowest BCUT2D eigenvalue weighted by molar-refractivity contribution is 0.116. The fourth-order valence-corrected chi connectivity index (χ4v) is 2.34. The van der Waals surface area contributed by atoms with Crippen LogP contribution >= 0.6 is 0 Å². The molecule has 0 saturated carbocycles. The molecule has 1 saturated heterocycles. The van der Waals surface area contributed by atoms with Gasteiger partial charge in [-0.3, -0.25) is 9.88 Å². The minimum Gasteiger partial charge on any atom is -0.311 e. The summed E-state index contributed by atoms with van der Waals surface area (Å²) in [5.74, 6) is 0.693. The summed E-state index contributed by atoms with van der Waals surface area (Å²) in [6, 6.07) is 5.39. The molecule has 0 spiro atoms. The second-order valence-corrected chi connectivity index (χ2v) is 5.40. The maximum Gasteiger partial charge on any atom is 0.0312 e. The van der Waals surface area contributed by atoms with Gasteiger partial charge in [0.1, 0.15) is 0 Å². The Balaban J connectivity index is 1.99. The van der Waals surface area contributed by atoms with Crippen molar-refractivity contribution in [3.8, 4) is 0 Å². The van der Waals surface area contributed by atoms with Crippen molar-refractivity contribution in [2.24, 2.45) is 5.92 Å². The summed E-state index contributed by atoms with van der Waals surface area (Å²) in [7, 11) is 0. The first-order chi connectivity index (χ1) is 8.16. The topological polar surface area (TPSA) is 28.2 Å². The van der Waals surface area contributed by atoms with E-state index in [0.717, 1.165) is 19.6 Å². The maximum atomic E-state index is 4.19. The Morgan fingerprint density at radius 1 is 1.53 bits per heavy atom. The highest BCUT2D eigenvalue weighted by atomic mass is 15.2. The highest BCUT2D eigenvalue weighted by molar-refractivity contribution is 5.08. The molecule has 0 bridgehead atoms. The van der Waals surface area contributed by atoms with Crippen LogP contribution in [-0.2, 0) is 6.54 Å². The van der Waals surface area contributed by atoms with Crippen LogP contribution in [0.15, 0.2) is 24.5 Å². The summed E-state index contributed by atoms with van der Waals surface area (Å²) >= 11 is 0. The number of hydrogen-bond acceptors (Lipinski definition) is 3. The number of piperazine rings is 1. The normalized spacial score (nSPS) is 26.4. The first-order valence-corrected chi connectivity index (χ1v) is 6.53. The summed E-state index contributed by atoms with van der Waals surface area (Å²) in [5.41, 5.74) is 1.31. The van der Waals surface area contributed by atoms with Crippen molar-refractivity contribution >= 4 is 0 Å². The molecule has 0 aromatic carbocycles. The van der Waals surface area contributed by atoms with Crippen molar-refractivity contribution < 1.29 is 0 Å². The summed E-state index contributed by atoms with van der Waals surface area (Å²) in [5, 5.41) is 3.63. The summed E-state index contributed by atoms with van der Waals surface area (Å²) < 4.78 is 0. The van der Waals surface area contributed by atoms with E-state index in [1.807, 2.05) is 18.5 Å². The number of hydrogen-bond donors (Lipinski definition) is 1. The molecule has 17 heavy (non-hydrogen) atoms. The Bertz CT molecular complexity index is 337. The largest absolute Gasteiger partial charge is 0.311 e. The molecule has 1 aliphatic heterocycles. The van der Waals surface area contributed by atoms with Gasteiger partial charge < -0.3 is 5.32 Å². The minimum atomic E-state index is 0.602. The molecule has 3 heteroatoms. The van der Waals surface area contributed by atoms with Gasteiger partial charge in [-0.1, -0.05) is 19.9 Å². The summed E-state index contributed by atoms with van der Waals surface area (Å²) in [4.78, 5) is 6.74. The van der Waals surface area contributed by atoms with Crippen molar-refractivity contribution in [1.82, 2.24) is 15.2 Å². The lowest BCUT2D eigenvalue weighted by Crippen LogP contribution is -2.56. The third-order valence-electron chi connectivity index (χ3n) is 3.64. The number of nitrogens with zero attached hydrogens (tertiary/aromatic N) is 2. The average Bonchev–Trinajstić information content (AvgIpc) is 2.33. The van der Waals surface area contributed by atoms with Gasteiger partial charge >= 0.3 is 0 Å². The highest BCUT2D eigenvalue weighted by Crippen LogP contribution is 2.15. The highest BCUT2D eigenvalue weighted by Gasteiger charge is 2.26. The molecule has 1 N–H and O–H groups in total. The van der Waals surface area contributed by atoms with E-state index in [0.29, 0.717) is 18.0 Å². The van der Waals surface area contributed by atoms with Crippen molar-refractivity contribution in [2.75, 3.05) is 13.1 Å². The maximum absolute atomic E-state index is 4.19. The molecule has 0 aliphatic carbocycles. The molecule has 1 aromatic rings. The van der Waals surface area contributed by atoms with Gasteiger partial charge in [0.2, 0.25) is 0 Å². The molecule has 1 fully saturated rings. The molecule has 2 heterocycles. The van der Waals surface area contributed by atoms with Crippen LogP contribution < -0.4 is 5.32 Å². The fourth-order valence-electron chi connectivity index (χ4n) is 2.34. The monoisotopic (exact) mass is 233 g/mol. The second kappa shape index (κ2) is 5.61. The lowest BCUT2D eigenvalue weighted by atomic mass is 9.99. The van der Waals surface area contributed by atoms with Gasteiger partial charge in [0.25, 0.3) is 0 Å². The second-order valence-electron chi connectivity index (χ2n) is 5.40. The van der Waals surface area contributed by atoms with E-state index in [1.54, 1.807) is 0 Å². The third-order valence-corrected chi connectivity index (χ3v) is 3.64. The van der Waals surface area contributed by atoms with Crippen LogP contribution in [0.25, 0.3) is 0 Å². The lowest BCUT2D eigenvalue weighted by Gasteiger charge is -2.40. The van der Waals surface area contributed by atoms with E-state index in [-0.39, 0.29) is 0 Å². The molecular weight excluding hydrogens is 210 g/mol. The zero-order valence-corrected chi connectivity index (χ0v) is 11.1. The molecule has 3 nitrogen and oxygen atoms in total. The SMILES string of the molecule is CC(C)C1CN(Cc2cccnc2)C(C)CN1. The zero-order chi connectivity index (χ0) is 12.3. The predicted octanol–water partition coefficient (Wildman–Crippen LogP) is 1.90. The smallest absolute Gasteiger partial charge is 0.0312 e. The molecule has 1 aliphatic rings. The summed E-state index contributed by atoms with van der Waals surface area (Å²) in [6.07, 6.45) is 3.81. The van der Waals surface area contributed by atoms with E-state index < -0.39 is 0 Å². The predicted molar refractivity (Wildman–Crippen MR) is 70.7 cm³/mol. The van der Waals surface area contributed by atoms with E-state index in [1.165, 1.54) is 5.56 Å². The first-order valence-electron chi connectivity index (χ1n) is 6.53. The quantitative estimate of drug-likeness (QED) is 0.864. The van der Waals surface area contributed by atoms with Gasteiger partial charge in [-0.05, 0) is 24.5 Å². The number of aromatic nitrogens is 1. The molecule has 1 aromatic heterocycles. The van der Waals surface area contributed by atoms with E-state index >= 15 is 0 Å². The van der Waals surface area contributed by atoms with E-state index in [4.69, 9.17) is 0 Å². The Morgan fingerprint density at radius 2 is 2.35 bits per heavy atom. The minimum absolute atomic E-state index is 0.602. The van der Waals surface area contributed by atoms with Crippen molar-refractivity contribution in [3.05, 3.63) is 30.1 Å². The molecule has 94 valence electrons. The standard InChI is InChI=1S/C14H23N3/c1-11(2)14-10-17(12(3)7-16-14)9-13-5-4-6-15-8-13/h4-6,8,11-12,14,16H,7,9-10H2,1-3H3. The van der Waals surface area contributed by atoms with Gasteiger partial charge in [-0.2, -0.15) is 0 Å². The average molecular weight is 233 g/mol. The fraction of sp³-hybridized carbons (Fsp3) is 0.643. The Morgan fingerprint density at radius 3 is 3.00 bits per heavy atom. The molecule has 2 rings (SSSR count). The van der Waals surface area contributed by atoms with Gasteiger partial charge in [-0.15, -0.1) is 0 Å². The van der Waals surface area contributed by atoms with Gasteiger partial charge in [0, 0.05) is 44.1 Å². The molecular formula is C14H23N3. The van der Waals surface area contributed by atoms with Crippen LogP contribution in [0.3, 0.4) is 0 Å². The van der Waals surface area contributed by atoms with Crippen LogP contribution in [0.2, 0.25) is 0 Å². The summed E-state index contributed by atoms with van der Waals surface area (Å²) in [6.45, 7) is 10.1. The Kier molecular flexibility index (Phi) is 4.13. The molecule has 0 radical (unpaired) electrons. The Hall–Kier alpha value is -0.930. The Labute approximate surface area is 104 Å². The van der Waals surface area contributed by atoms with Crippen molar-refractivity contribution in [2.45, 2.75) is 39.4 Å². The zero-order valence-electron chi connectivity index (χ0n) is 11.1. The molecule has 2 unspecified atom stereocenters. The van der Waals surface area contributed by atoms with Gasteiger partial charge in [0.05, 0.1) is 0 Å². The van der Waals surface area contributed by atoms with Crippen molar-refractivity contribution in [3.63, 3.8) is 0 Å². The van der Waals surface area contributed by atoms with E-state index in [2.05, 4.69) is 42.0 Å². The van der Waals surface area contributed by atoms with Crippen LogP contribution in [0.5, 0.6) is 0 Å². The van der Waals surface area contributed by atoms with Gasteiger partial charge in [0.15, 0.2) is 0 Å². The number of nitrogens with one attached hydrogen (secondary N) is 1. The molecule has 0 amide bonds. The molecule has 2 atom stereocenters. The van der Waals surface area contributed by atoms with Gasteiger partial charge in [-0.25, -0.2) is 0 Å². The van der Waals surface area contributed by atoms with Crippen molar-refractivity contribution in [1.29, 1.82) is 0 Å². The number of rotatable bonds is 3. The first kappa shape index (κ1) is 12.5.